The molecule has 0 bridgehead atoms. The van der Waals surface area contributed by atoms with E-state index < -0.39 is 30.4 Å². The molecule has 2 N–H and O–H groups in total. The Morgan fingerprint density at radius 1 is 1.24 bits per heavy atom. The summed E-state index contributed by atoms with van der Waals surface area (Å²) in [5.41, 5.74) is 0. The molecule has 2 fully saturated rings. The molecule has 8 heteroatoms. The lowest BCUT2D eigenvalue weighted by Gasteiger charge is -2.39. The number of urea groups is 1. The summed E-state index contributed by atoms with van der Waals surface area (Å²) < 4.78 is 4.96. The summed E-state index contributed by atoms with van der Waals surface area (Å²) in [6, 6.07) is -0.491. The zero-order valence-electron chi connectivity index (χ0n) is 15.0. The van der Waals surface area contributed by atoms with Gasteiger partial charge in [0, 0.05) is 26.1 Å². The average Bonchev–Trinajstić information content (AvgIpc) is 2.96. The Labute approximate surface area is 147 Å². The Morgan fingerprint density at radius 2 is 1.96 bits per heavy atom. The third-order valence-electron chi connectivity index (χ3n) is 5.38. The van der Waals surface area contributed by atoms with Crippen LogP contribution in [-0.2, 0) is 19.1 Å². The van der Waals surface area contributed by atoms with Gasteiger partial charge in [-0.25, -0.2) is 4.79 Å². The van der Waals surface area contributed by atoms with Crippen molar-refractivity contribution in [2.45, 2.75) is 45.6 Å². The summed E-state index contributed by atoms with van der Waals surface area (Å²) in [5.74, 6) is -0.882. The second kappa shape index (κ2) is 8.31. The molecule has 140 valence electrons. The van der Waals surface area contributed by atoms with Crippen molar-refractivity contribution in [3.05, 3.63) is 0 Å². The van der Waals surface area contributed by atoms with E-state index in [2.05, 4.69) is 19.2 Å². The Kier molecular flexibility index (Phi) is 6.39. The highest BCUT2D eigenvalue weighted by Crippen LogP contribution is 2.35. The number of rotatable bonds is 4. The number of nitrogens with one attached hydrogen (secondary N) is 2. The molecular weight excluding hydrogens is 326 g/mol. The molecule has 0 unspecified atom stereocenters. The van der Waals surface area contributed by atoms with Crippen LogP contribution < -0.4 is 10.6 Å². The molecule has 0 aromatic carbocycles. The number of imide groups is 1. The van der Waals surface area contributed by atoms with E-state index in [4.69, 9.17) is 4.74 Å². The summed E-state index contributed by atoms with van der Waals surface area (Å²) in [5, 5.41) is 4.24. The third-order valence-corrected chi connectivity index (χ3v) is 5.38. The molecular formula is C17H27N3O5. The fourth-order valence-electron chi connectivity index (χ4n) is 3.68. The number of hydrogen-bond acceptors (Lipinski definition) is 5. The summed E-state index contributed by atoms with van der Waals surface area (Å²) in [6.07, 6.45) is 3.35. The fourth-order valence-corrected chi connectivity index (χ4v) is 3.68. The minimum absolute atomic E-state index is 0.0253. The Bertz CT molecular complexity index is 550. The van der Waals surface area contributed by atoms with Gasteiger partial charge in [0.2, 0.25) is 5.91 Å². The van der Waals surface area contributed by atoms with Crippen LogP contribution in [0.3, 0.4) is 0 Å². The van der Waals surface area contributed by atoms with Crippen molar-refractivity contribution in [1.29, 1.82) is 0 Å². The van der Waals surface area contributed by atoms with Crippen LogP contribution in [0.2, 0.25) is 0 Å². The van der Waals surface area contributed by atoms with E-state index in [-0.39, 0.29) is 18.4 Å². The molecule has 0 radical (unpaired) electrons. The first-order valence-corrected chi connectivity index (χ1v) is 8.81. The minimum atomic E-state index is -0.705. The van der Waals surface area contributed by atoms with Gasteiger partial charge in [-0.3, -0.25) is 19.7 Å². The lowest BCUT2D eigenvalue weighted by atomic mass is 9.77. The van der Waals surface area contributed by atoms with E-state index in [1.54, 1.807) is 0 Å². The molecule has 1 saturated heterocycles. The zero-order valence-corrected chi connectivity index (χ0v) is 15.0. The summed E-state index contributed by atoms with van der Waals surface area (Å²) in [6.45, 7) is 4.18. The molecule has 1 aliphatic carbocycles. The normalized spacial score (nSPS) is 29.2. The van der Waals surface area contributed by atoms with E-state index in [9.17, 15) is 19.2 Å². The highest BCUT2D eigenvalue weighted by atomic mass is 16.5. The number of ether oxygens (including phenoxy) is 1. The molecule has 0 aromatic heterocycles. The minimum Gasteiger partial charge on any atom is -0.455 e. The van der Waals surface area contributed by atoms with Crippen molar-refractivity contribution in [1.82, 2.24) is 15.5 Å². The first-order valence-electron chi connectivity index (χ1n) is 8.81. The van der Waals surface area contributed by atoms with Crippen molar-refractivity contribution in [3.8, 4) is 0 Å². The highest BCUT2D eigenvalue weighted by Gasteiger charge is 2.42. The van der Waals surface area contributed by atoms with E-state index in [1.807, 2.05) is 10.2 Å². The van der Waals surface area contributed by atoms with Crippen LogP contribution in [0.4, 0.5) is 4.79 Å². The maximum atomic E-state index is 12.3. The van der Waals surface area contributed by atoms with Crippen LogP contribution in [0.25, 0.3) is 0 Å². The van der Waals surface area contributed by atoms with Gasteiger partial charge in [-0.15, -0.1) is 0 Å². The summed E-state index contributed by atoms with van der Waals surface area (Å²) in [7, 11) is 1.38. The molecule has 4 amide bonds. The van der Waals surface area contributed by atoms with Gasteiger partial charge in [0.1, 0.15) is 0 Å². The van der Waals surface area contributed by atoms with Crippen molar-refractivity contribution in [2.75, 3.05) is 20.2 Å². The van der Waals surface area contributed by atoms with Gasteiger partial charge in [-0.1, -0.05) is 26.7 Å². The number of carbonyl (C=O) groups excluding carboxylic acids is 4. The van der Waals surface area contributed by atoms with Gasteiger partial charge in [0.25, 0.3) is 5.91 Å². The first kappa shape index (κ1) is 19.2. The van der Waals surface area contributed by atoms with Crippen molar-refractivity contribution in [3.63, 3.8) is 0 Å². The molecule has 25 heavy (non-hydrogen) atoms. The lowest BCUT2D eigenvalue weighted by molar-refractivity contribution is -0.152. The van der Waals surface area contributed by atoms with Crippen LogP contribution >= 0.6 is 0 Å². The smallest absolute Gasteiger partial charge is 0.321 e. The molecule has 1 saturated carbocycles. The van der Waals surface area contributed by atoms with Gasteiger partial charge < -0.3 is 15.0 Å². The van der Waals surface area contributed by atoms with E-state index >= 15 is 0 Å². The largest absolute Gasteiger partial charge is 0.455 e. The number of carbonyl (C=O) groups is 4. The van der Waals surface area contributed by atoms with Crippen LogP contribution in [0.15, 0.2) is 0 Å². The van der Waals surface area contributed by atoms with Crippen LogP contribution in [0.1, 0.15) is 39.5 Å². The zero-order chi connectivity index (χ0) is 18.6. The van der Waals surface area contributed by atoms with E-state index in [0.717, 1.165) is 12.8 Å². The number of esters is 1. The topological polar surface area (TPSA) is 105 Å². The second-order valence-electron chi connectivity index (χ2n) is 7.02. The quantitative estimate of drug-likeness (QED) is 0.723. The third kappa shape index (κ3) is 4.70. The van der Waals surface area contributed by atoms with Gasteiger partial charge in [-0.2, -0.15) is 0 Å². The molecule has 4 atom stereocenters. The predicted molar refractivity (Wildman–Crippen MR) is 89.3 cm³/mol. The molecule has 2 aliphatic rings. The monoisotopic (exact) mass is 353 g/mol. The van der Waals surface area contributed by atoms with E-state index in [1.165, 1.54) is 13.5 Å². The van der Waals surface area contributed by atoms with Gasteiger partial charge in [0.15, 0.2) is 6.61 Å². The molecule has 0 aromatic rings. The lowest BCUT2D eigenvalue weighted by Crippen LogP contribution is -2.45. The van der Waals surface area contributed by atoms with Crippen molar-refractivity contribution >= 4 is 23.8 Å². The number of hydrogen-bond donors (Lipinski definition) is 2. The molecule has 2 rings (SSSR count). The van der Waals surface area contributed by atoms with Crippen LogP contribution in [0, 0.1) is 17.8 Å². The maximum Gasteiger partial charge on any atom is 0.321 e. The van der Waals surface area contributed by atoms with Crippen LogP contribution in [0.5, 0.6) is 0 Å². The standard InChI is InChI=1S/C17H27N3O5/c1-10-5-4-6-13(11(10)2)20-8-12(7-15(20)22)16(23)25-9-14(21)19-17(24)18-3/h10-13H,4-9H2,1-3H3,(H2,18,19,21,24)/t10-,11-,12-,13+/m1/s1. The van der Waals surface area contributed by atoms with E-state index in [0.29, 0.717) is 18.4 Å². The Morgan fingerprint density at radius 3 is 2.64 bits per heavy atom. The van der Waals surface area contributed by atoms with Gasteiger partial charge >= 0.3 is 12.0 Å². The second-order valence-corrected chi connectivity index (χ2v) is 7.02. The molecule has 1 aliphatic heterocycles. The van der Waals surface area contributed by atoms with Crippen molar-refractivity contribution < 1.29 is 23.9 Å². The predicted octanol–water partition coefficient (Wildman–Crippen LogP) is 0.658. The molecule has 8 nitrogen and oxygen atoms in total. The average molecular weight is 353 g/mol. The molecule has 1 heterocycles. The Balaban J connectivity index is 1.85. The van der Waals surface area contributed by atoms with Gasteiger partial charge in [-0.05, 0) is 18.3 Å². The van der Waals surface area contributed by atoms with Crippen LogP contribution in [-0.4, -0.2) is 55.0 Å². The summed E-state index contributed by atoms with van der Waals surface area (Å²) in [4.78, 5) is 48.8. The first-order chi connectivity index (χ1) is 11.8. The van der Waals surface area contributed by atoms with Gasteiger partial charge in [0.05, 0.1) is 5.92 Å². The number of likely N-dealkylation sites (tertiary alicyclic amines) is 1. The van der Waals surface area contributed by atoms with Crippen molar-refractivity contribution in [2.24, 2.45) is 17.8 Å². The summed E-state index contributed by atoms with van der Waals surface area (Å²) >= 11 is 0. The molecule has 0 spiro atoms. The maximum absolute atomic E-state index is 12.3. The number of nitrogens with zero attached hydrogens (tertiary/aromatic N) is 1. The Hall–Kier alpha value is -2.12. The number of amides is 4. The highest BCUT2D eigenvalue weighted by molar-refractivity contribution is 5.95. The SMILES string of the molecule is CNC(=O)NC(=O)COC(=O)[C@@H]1CC(=O)N([C@H]2CCC[C@@H](C)[C@H]2C)C1. The fraction of sp³-hybridized carbons (Fsp3) is 0.765.